The van der Waals surface area contributed by atoms with Crippen molar-refractivity contribution in [2.75, 3.05) is 5.32 Å². The van der Waals surface area contributed by atoms with E-state index >= 15 is 0 Å². The Morgan fingerprint density at radius 1 is 1.14 bits per heavy atom. The fraction of sp³-hybridized carbons (Fsp3) is 0.368. The predicted octanol–water partition coefficient (Wildman–Crippen LogP) is 5.77. The lowest BCUT2D eigenvalue weighted by Crippen LogP contribution is -2.33. The summed E-state index contributed by atoms with van der Waals surface area (Å²) in [5.74, 6) is 0. The summed E-state index contributed by atoms with van der Waals surface area (Å²) in [5, 5.41) is 4.49. The maximum atomic E-state index is 6.41. The summed E-state index contributed by atoms with van der Waals surface area (Å²) in [5.41, 5.74) is 5.29. The van der Waals surface area contributed by atoms with E-state index in [0.717, 1.165) is 17.1 Å². The Labute approximate surface area is 132 Å². The summed E-state index contributed by atoms with van der Waals surface area (Å²) < 4.78 is 0. The van der Waals surface area contributed by atoms with Crippen LogP contribution in [0.5, 0.6) is 0 Å². The van der Waals surface area contributed by atoms with Gasteiger partial charge in [0.25, 0.3) is 0 Å². The third-order valence-corrected chi connectivity index (χ3v) is 4.92. The van der Waals surface area contributed by atoms with Crippen LogP contribution in [0.4, 0.5) is 5.69 Å². The molecule has 1 nitrogen and oxygen atoms in total. The number of aryl methyl sites for hydroxylation is 2. The Kier molecular flexibility index (Phi) is 3.71. The molecule has 1 aliphatic rings. The van der Waals surface area contributed by atoms with Gasteiger partial charge in [-0.15, -0.1) is 0 Å². The standard InChI is InChI=1S/C19H22ClN/c1-13-8-9-17(16(20)12-13)21-18-15-7-5-4-6-14(15)10-11-19(18,2)3/h4-9,12,18,21H,10-11H2,1-3H3. The zero-order valence-corrected chi connectivity index (χ0v) is 13.7. The van der Waals surface area contributed by atoms with Crippen LogP contribution in [0.3, 0.4) is 0 Å². The highest BCUT2D eigenvalue weighted by Gasteiger charge is 2.35. The number of anilines is 1. The van der Waals surface area contributed by atoms with E-state index < -0.39 is 0 Å². The first-order chi connectivity index (χ1) is 9.97. The number of hydrogen-bond donors (Lipinski definition) is 1. The molecule has 1 N–H and O–H groups in total. The van der Waals surface area contributed by atoms with Crippen molar-refractivity contribution in [2.24, 2.45) is 5.41 Å². The van der Waals surface area contributed by atoms with Crippen LogP contribution in [-0.4, -0.2) is 0 Å². The first-order valence-electron chi connectivity index (χ1n) is 7.58. The summed E-state index contributed by atoms with van der Waals surface area (Å²) >= 11 is 6.41. The van der Waals surface area contributed by atoms with E-state index in [2.05, 4.69) is 62.5 Å². The van der Waals surface area contributed by atoms with Gasteiger partial charge in [-0.3, -0.25) is 0 Å². The molecule has 0 heterocycles. The van der Waals surface area contributed by atoms with Gasteiger partial charge >= 0.3 is 0 Å². The molecule has 21 heavy (non-hydrogen) atoms. The number of benzene rings is 2. The van der Waals surface area contributed by atoms with Crippen molar-refractivity contribution in [3.63, 3.8) is 0 Å². The molecule has 0 amide bonds. The summed E-state index contributed by atoms with van der Waals surface area (Å²) in [6.45, 7) is 6.74. The van der Waals surface area contributed by atoms with Crippen molar-refractivity contribution in [3.05, 3.63) is 64.2 Å². The highest BCUT2D eigenvalue weighted by atomic mass is 35.5. The first kappa shape index (κ1) is 14.5. The number of fused-ring (bicyclic) bond motifs is 1. The molecule has 1 aliphatic carbocycles. The molecule has 0 saturated heterocycles. The van der Waals surface area contributed by atoms with Gasteiger partial charge in [-0.2, -0.15) is 0 Å². The van der Waals surface area contributed by atoms with Gasteiger partial charge in [0.2, 0.25) is 0 Å². The number of rotatable bonds is 2. The molecule has 2 aromatic carbocycles. The number of hydrogen-bond acceptors (Lipinski definition) is 1. The molecule has 110 valence electrons. The monoisotopic (exact) mass is 299 g/mol. The highest BCUT2D eigenvalue weighted by Crippen LogP contribution is 2.45. The van der Waals surface area contributed by atoms with E-state index in [1.54, 1.807) is 0 Å². The van der Waals surface area contributed by atoms with Crippen molar-refractivity contribution in [1.29, 1.82) is 0 Å². The quantitative estimate of drug-likeness (QED) is 0.742. The molecule has 0 bridgehead atoms. The van der Waals surface area contributed by atoms with Crippen molar-refractivity contribution in [2.45, 2.75) is 39.7 Å². The zero-order valence-electron chi connectivity index (χ0n) is 12.9. The molecule has 0 fully saturated rings. The van der Waals surface area contributed by atoms with Gasteiger partial charge in [0.1, 0.15) is 0 Å². The van der Waals surface area contributed by atoms with Crippen LogP contribution in [0.15, 0.2) is 42.5 Å². The third kappa shape index (κ3) is 2.80. The first-order valence-corrected chi connectivity index (χ1v) is 7.96. The van der Waals surface area contributed by atoms with Crippen LogP contribution in [0.25, 0.3) is 0 Å². The molecule has 0 aliphatic heterocycles. The molecule has 1 atom stereocenters. The molecule has 0 radical (unpaired) electrons. The molecular weight excluding hydrogens is 278 g/mol. The molecular formula is C19H22ClN. The van der Waals surface area contributed by atoms with Crippen LogP contribution in [0.1, 0.15) is 43.0 Å². The lowest BCUT2D eigenvalue weighted by atomic mass is 9.70. The highest BCUT2D eigenvalue weighted by molar-refractivity contribution is 6.33. The van der Waals surface area contributed by atoms with Crippen molar-refractivity contribution in [3.8, 4) is 0 Å². The largest absolute Gasteiger partial charge is 0.376 e. The Morgan fingerprint density at radius 3 is 2.67 bits per heavy atom. The predicted molar refractivity (Wildman–Crippen MR) is 91.1 cm³/mol. The summed E-state index contributed by atoms with van der Waals surface area (Å²) in [7, 11) is 0. The van der Waals surface area contributed by atoms with Gasteiger partial charge < -0.3 is 5.32 Å². The third-order valence-electron chi connectivity index (χ3n) is 4.61. The number of halogens is 1. The summed E-state index contributed by atoms with van der Waals surface area (Å²) in [6, 6.07) is 15.3. The van der Waals surface area contributed by atoms with Crippen LogP contribution >= 0.6 is 11.6 Å². The van der Waals surface area contributed by atoms with E-state index in [9.17, 15) is 0 Å². The Hall–Kier alpha value is -1.47. The summed E-state index contributed by atoms with van der Waals surface area (Å²) in [6.07, 6.45) is 2.34. The second-order valence-corrected chi connectivity index (χ2v) is 7.16. The minimum atomic E-state index is 0.211. The Bertz CT molecular complexity index is 660. The molecule has 0 spiro atoms. The Balaban J connectivity index is 1.99. The minimum absolute atomic E-state index is 0.211. The smallest absolute Gasteiger partial charge is 0.0640 e. The molecule has 3 rings (SSSR count). The van der Waals surface area contributed by atoms with Crippen LogP contribution in [-0.2, 0) is 6.42 Å². The minimum Gasteiger partial charge on any atom is -0.376 e. The maximum absolute atomic E-state index is 6.41. The average Bonchev–Trinajstić information content (AvgIpc) is 2.44. The van der Waals surface area contributed by atoms with Crippen LogP contribution < -0.4 is 5.32 Å². The maximum Gasteiger partial charge on any atom is 0.0640 e. The second kappa shape index (κ2) is 5.38. The van der Waals surface area contributed by atoms with Gasteiger partial charge in [-0.1, -0.05) is 55.8 Å². The lowest BCUT2D eigenvalue weighted by molar-refractivity contribution is 0.265. The van der Waals surface area contributed by atoms with Gasteiger partial charge in [-0.05, 0) is 54.0 Å². The average molecular weight is 300 g/mol. The van der Waals surface area contributed by atoms with E-state index in [1.807, 2.05) is 6.07 Å². The topological polar surface area (TPSA) is 12.0 Å². The molecule has 0 saturated carbocycles. The van der Waals surface area contributed by atoms with E-state index in [0.29, 0.717) is 6.04 Å². The van der Waals surface area contributed by atoms with E-state index in [-0.39, 0.29) is 5.41 Å². The molecule has 0 aromatic heterocycles. The molecule has 1 unspecified atom stereocenters. The normalized spacial score (nSPS) is 19.9. The SMILES string of the molecule is Cc1ccc(NC2c3ccccc3CCC2(C)C)c(Cl)c1. The van der Waals surface area contributed by atoms with Gasteiger partial charge in [0.05, 0.1) is 16.8 Å². The second-order valence-electron chi connectivity index (χ2n) is 6.75. The van der Waals surface area contributed by atoms with Crippen LogP contribution in [0.2, 0.25) is 5.02 Å². The van der Waals surface area contributed by atoms with Gasteiger partial charge in [-0.25, -0.2) is 0 Å². The van der Waals surface area contributed by atoms with Crippen molar-refractivity contribution in [1.82, 2.24) is 0 Å². The van der Waals surface area contributed by atoms with Crippen molar-refractivity contribution >= 4 is 17.3 Å². The number of nitrogens with one attached hydrogen (secondary N) is 1. The Morgan fingerprint density at radius 2 is 1.90 bits per heavy atom. The van der Waals surface area contributed by atoms with E-state index in [4.69, 9.17) is 11.6 Å². The van der Waals surface area contributed by atoms with Gasteiger partial charge in [0.15, 0.2) is 0 Å². The van der Waals surface area contributed by atoms with Gasteiger partial charge in [0, 0.05) is 0 Å². The summed E-state index contributed by atoms with van der Waals surface area (Å²) in [4.78, 5) is 0. The van der Waals surface area contributed by atoms with Crippen molar-refractivity contribution < 1.29 is 0 Å². The zero-order chi connectivity index (χ0) is 15.0. The molecule has 2 heteroatoms. The lowest BCUT2D eigenvalue weighted by Gasteiger charge is -2.41. The fourth-order valence-corrected chi connectivity index (χ4v) is 3.52. The fourth-order valence-electron chi connectivity index (χ4n) is 3.23. The van der Waals surface area contributed by atoms with E-state index in [1.165, 1.54) is 23.1 Å². The molecule has 2 aromatic rings. The van der Waals surface area contributed by atoms with Crippen LogP contribution in [0, 0.1) is 12.3 Å².